The number of ether oxygens (including phenoxy) is 1. The fourth-order valence-corrected chi connectivity index (χ4v) is 2.13. The Balaban J connectivity index is 1.82. The van der Waals surface area contributed by atoms with Gasteiger partial charge in [-0.15, -0.1) is 0 Å². The fourth-order valence-electron chi connectivity index (χ4n) is 2.13. The molecule has 1 amide bonds. The molecule has 2 rings (SSSR count). The Kier molecular flexibility index (Phi) is 5.17. The van der Waals surface area contributed by atoms with Crippen LogP contribution in [0.25, 0.3) is 0 Å². The quantitative estimate of drug-likeness (QED) is 0.832. The summed E-state index contributed by atoms with van der Waals surface area (Å²) in [5.41, 5.74) is 0. The number of aromatic nitrogens is 2. The van der Waals surface area contributed by atoms with Crippen LogP contribution in [-0.4, -0.2) is 65.8 Å². The van der Waals surface area contributed by atoms with Crippen LogP contribution in [0.15, 0.2) is 18.5 Å². The number of amides is 1. The number of alkyl halides is 3. The minimum Gasteiger partial charge on any atom is -0.359 e. The van der Waals surface area contributed by atoms with Crippen molar-refractivity contribution in [1.82, 2.24) is 14.9 Å². The van der Waals surface area contributed by atoms with Crippen molar-refractivity contribution in [2.24, 2.45) is 0 Å². The summed E-state index contributed by atoms with van der Waals surface area (Å²) in [5, 5.41) is 0. The molecule has 22 heavy (non-hydrogen) atoms. The summed E-state index contributed by atoms with van der Waals surface area (Å²) in [4.78, 5) is 23.7. The van der Waals surface area contributed by atoms with Crippen molar-refractivity contribution in [3.63, 3.8) is 0 Å². The van der Waals surface area contributed by atoms with Gasteiger partial charge in [0.05, 0.1) is 0 Å². The summed E-state index contributed by atoms with van der Waals surface area (Å²) < 4.78 is 40.8. The average Bonchev–Trinajstić information content (AvgIpc) is 2.52. The van der Waals surface area contributed by atoms with E-state index in [-0.39, 0.29) is 0 Å². The molecule has 0 aliphatic carbocycles. The van der Waals surface area contributed by atoms with Gasteiger partial charge in [0, 0.05) is 38.6 Å². The van der Waals surface area contributed by atoms with Crippen LogP contribution in [0.5, 0.6) is 0 Å². The third kappa shape index (κ3) is 4.55. The second kappa shape index (κ2) is 6.91. The smallest absolute Gasteiger partial charge is 0.359 e. The van der Waals surface area contributed by atoms with E-state index < -0.39 is 24.8 Å². The van der Waals surface area contributed by atoms with Crippen LogP contribution in [0.4, 0.5) is 19.1 Å². The van der Waals surface area contributed by atoms with Gasteiger partial charge in [-0.25, -0.2) is 9.97 Å². The van der Waals surface area contributed by atoms with Crippen LogP contribution in [-0.2, 0) is 9.53 Å². The molecule has 0 unspecified atom stereocenters. The number of nitrogens with zero attached hydrogens (tertiary/aromatic N) is 4. The summed E-state index contributed by atoms with van der Waals surface area (Å²) >= 11 is 0. The molecule has 1 aromatic heterocycles. The lowest BCUT2D eigenvalue weighted by Crippen LogP contribution is -2.52. The number of carbonyl (C=O) groups excluding carboxylic acids is 1. The van der Waals surface area contributed by atoms with Gasteiger partial charge in [-0.05, 0) is 13.0 Å². The SMILES string of the molecule is C[C@@H](OCC(F)(F)F)C(=O)N1CCN(c2ncccn2)CC1. The Bertz CT molecular complexity index is 490. The van der Waals surface area contributed by atoms with E-state index in [1.54, 1.807) is 18.5 Å². The average molecular weight is 318 g/mol. The van der Waals surface area contributed by atoms with Crippen molar-refractivity contribution in [2.45, 2.75) is 19.2 Å². The zero-order chi connectivity index (χ0) is 16.2. The summed E-state index contributed by atoms with van der Waals surface area (Å²) in [5.74, 6) is 0.147. The molecule has 0 aromatic carbocycles. The summed E-state index contributed by atoms with van der Waals surface area (Å²) in [6.45, 7) is 1.77. The van der Waals surface area contributed by atoms with Crippen LogP contribution >= 0.6 is 0 Å². The highest BCUT2D eigenvalue weighted by Gasteiger charge is 2.32. The highest BCUT2D eigenvalue weighted by Crippen LogP contribution is 2.16. The predicted molar refractivity (Wildman–Crippen MR) is 72.3 cm³/mol. The highest BCUT2D eigenvalue weighted by molar-refractivity contribution is 5.80. The molecular formula is C13H17F3N4O2. The normalized spacial score (nSPS) is 17.5. The van der Waals surface area contributed by atoms with Crippen LogP contribution < -0.4 is 4.90 Å². The summed E-state index contributed by atoms with van der Waals surface area (Å²) in [6.07, 6.45) is -2.28. The number of piperazine rings is 1. The molecule has 0 bridgehead atoms. The lowest BCUT2D eigenvalue weighted by molar-refractivity contribution is -0.188. The Hall–Kier alpha value is -1.90. The second-order valence-corrected chi connectivity index (χ2v) is 4.93. The Morgan fingerprint density at radius 3 is 2.41 bits per heavy atom. The molecule has 0 N–H and O–H groups in total. The van der Waals surface area contributed by atoms with Crippen molar-refractivity contribution < 1.29 is 22.7 Å². The maximum absolute atomic E-state index is 12.1. The maximum atomic E-state index is 12.1. The molecule has 1 saturated heterocycles. The van der Waals surface area contributed by atoms with Gasteiger partial charge in [0.1, 0.15) is 12.7 Å². The van der Waals surface area contributed by atoms with E-state index >= 15 is 0 Å². The van der Waals surface area contributed by atoms with Gasteiger partial charge >= 0.3 is 6.18 Å². The molecule has 122 valence electrons. The van der Waals surface area contributed by atoms with Crippen LogP contribution in [0.2, 0.25) is 0 Å². The minimum absolute atomic E-state index is 0.400. The van der Waals surface area contributed by atoms with Gasteiger partial charge in [-0.3, -0.25) is 4.79 Å². The topological polar surface area (TPSA) is 58.6 Å². The minimum atomic E-state index is -4.43. The van der Waals surface area contributed by atoms with Crippen molar-refractivity contribution in [3.05, 3.63) is 18.5 Å². The van der Waals surface area contributed by atoms with Gasteiger partial charge in [0.25, 0.3) is 5.91 Å². The van der Waals surface area contributed by atoms with Gasteiger partial charge in [-0.2, -0.15) is 13.2 Å². The van der Waals surface area contributed by atoms with Crippen LogP contribution in [0, 0.1) is 0 Å². The first-order valence-electron chi connectivity index (χ1n) is 6.86. The van der Waals surface area contributed by atoms with Crippen LogP contribution in [0.3, 0.4) is 0 Å². The van der Waals surface area contributed by atoms with E-state index in [1.807, 2.05) is 4.90 Å². The first-order valence-corrected chi connectivity index (χ1v) is 6.86. The Labute approximate surface area is 125 Å². The monoisotopic (exact) mass is 318 g/mol. The third-order valence-corrected chi connectivity index (χ3v) is 3.27. The van der Waals surface area contributed by atoms with Gasteiger partial charge in [-0.1, -0.05) is 0 Å². The van der Waals surface area contributed by atoms with E-state index in [2.05, 4.69) is 14.7 Å². The van der Waals surface area contributed by atoms with E-state index in [4.69, 9.17) is 0 Å². The molecule has 1 aliphatic rings. The van der Waals surface area contributed by atoms with Crippen molar-refractivity contribution >= 4 is 11.9 Å². The molecule has 1 fully saturated rings. The molecule has 0 radical (unpaired) electrons. The third-order valence-electron chi connectivity index (χ3n) is 3.27. The zero-order valence-electron chi connectivity index (χ0n) is 12.1. The lowest BCUT2D eigenvalue weighted by atomic mass is 10.2. The second-order valence-electron chi connectivity index (χ2n) is 4.93. The number of hydrogen-bond donors (Lipinski definition) is 0. The van der Waals surface area contributed by atoms with Crippen molar-refractivity contribution in [1.29, 1.82) is 0 Å². The molecule has 0 spiro atoms. The first kappa shape index (κ1) is 16.5. The first-order chi connectivity index (χ1) is 10.4. The van der Waals surface area contributed by atoms with Gasteiger partial charge in [0.2, 0.25) is 5.95 Å². The molecule has 9 heteroatoms. The molecule has 1 atom stereocenters. The summed E-state index contributed by atoms with van der Waals surface area (Å²) in [6, 6.07) is 1.71. The van der Waals surface area contributed by atoms with Crippen molar-refractivity contribution in [2.75, 3.05) is 37.7 Å². The molecular weight excluding hydrogens is 301 g/mol. The van der Waals surface area contributed by atoms with E-state index in [0.29, 0.717) is 32.1 Å². The zero-order valence-corrected chi connectivity index (χ0v) is 12.1. The van der Waals surface area contributed by atoms with Crippen LogP contribution in [0.1, 0.15) is 6.92 Å². The standard InChI is InChI=1S/C13H17F3N4O2/c1-10(22-9-13(14,15)16)11(21)19-5-7-20(8-6-19)12-17-3-2-4-18-12/h2-4,10H,5-9H2,1H3/t10-/m1/s1. The largest absolute Gasteiger partial charge is 0.411 e. The Morgan fingerprint density at radius 1 is 1.27 bits per heavy atom. The predicted octanol–water partition coefficient (Wildman–Crippen LogP) is 1.09. The van der Waals surface area contributed by atoms with Gasteiger partial charge in [0.15, 0.2) is 0 Å². The van der Waals surface area contributed by atoms with E-state index in [9.17, 15) is 18.0 Å². The maximum Gasteiger partial charge on any atom is 0.411 e. The van der Waals surface area contributed by atoms with E-state index in [0.717, 1.165) is 0 Å². The highest BCUT2D eigenvalue weighted by atomic mass is 19.4. The molecule has 2 heterocycles. The van der Waals surface area contributed by atoms with Crippen molar-refractivity contribution in [3.8, 4) is 0 Å². The number of anilines is 1. The fraction of sp³-hybridized carbons (Fsp3) is 0.615. The lowest BCUT2D eigenvalue weighted by Gasteiger charge is -2.35. The molecule has 1 aromatic rings. The van der Waals surface area contributed by atoms with Gasteiger partial charge < -0.3 is 14.5 Å². The number of rotatable bonds is 4. The Morgan fingerprint density at radius 2 is 1.86 bits per heavy atom. The molecule has 0 saturated carbocycles. The summed E-state index contributed by atoms with van der Waals surface area (Å²) in [7, 11) is 0. The molecule has 1 aliphatic heterocycles. The number of carbonyl (C=O) groups is 1. The number of hydrogen-bond acceptors (Lipinski definition) is 5. The number of halogens is 3. The van der Waals surface area contributed by atoms with E-state index in [1.165, 1.54) is 11.8 Å². The molecule has 6 nitrogen and oxygen atoms in total.